The standard InChI is InChI=1S/C10H14N2O3/c11-8-3-9(12-4-8)10(13)15-6-7-1-2-14-5-7/h3-4,7,12H,1-2,5-6,11H2. The quantitative estimate of drug-likeness (QED) is 0.723. The van der Waals surface area contributed by atoms with Crippen LogP contribution in [0.4, 0.5) is 5.69 Å². The number of nitrogens with two attached hydrogens (primary N) is 1. The first-order valence-corrected chi connectivity index (χ1v) is 4.94. The molecule has 1 fully saturated rings. The van der Waals surface area contributed by atoms with Gasteiger partial charge >= 0.3 is 5.97 Å². The number of anilines is 1. The Morgan fingerprint density at radius 2 is 2.60 bits per heavy atom. The third-order valence-corrected chi connectivity index (χ3v) is 2.40. The number of rotatable bonds is 3. The molecule has 15 heavy (non-hydrogen) atoms. The van der Waals surface area contributed by atoms with Gasteiger partial charge in [0.2, 0.25) is 0 Å². The molecule has 2 heterocycles. The van der Waals surface area contributed by atoms with Crippen LogP contribution in [0.25, 0.3) is 0 Å². The number of aromatic nitrogens is 1. The fraction of sp³-hybridized carbons (Fsp3) is 0.500. The van der Waals surface area contributed by atoms with Crippen molar-refractivity contribution in [2.24, 2.45) is 5.92 Å². The number of nitrogens with one attached hydrogen (secondary N) is 1. The Labute approximate surface area is 87.6 Å². The molecular weight excluding hydrogens is 196 g/mol. The molecule has 1 aliphatic rings. The molecule has 1 aromatic rings. The van der Waals surface area contributed by atoms with Gasteiger partial charge in [0, 0.05) is 18.7 Å². The molecule has 0 bridgehead atoms. The number of hydrogen-bond acceptors (Lipinski definition) is 4. The number of ether oxygens (including phenoxy) is 2. The van der Waals surface area contributed by atoms with Crippen LogP contribution in [0, 0.1) is 5.92 Å². The molecule has 1 atom stereocenters. The highest BCUT2D eigenvalue weighted by Gasteiger charge is 2.18. The second kappa shape index (κ2) is 4.35. The number of carbonyl (C=O) groups is 1. The van der Waals surface area contributed by atoms with Crippen LogP contribution in [-0.2, 0) is 9.47 Å². The molecule has 82 valence electrons. The molecule has 0 radical (unpaired) electrons. The smallest absolute Gasteiger partial charge is 0.354 e. The number of esters is 1. The van der Waals surface area contributed by atoms with Crippen LogP contribution in [-0.4, -0.2) is 30.8 Å². The zero-order valence-electron chi connectivity index (χ0n) is 8.36. The lowest BCUT2D eigenvalue weighted by atomic mass is 10.1. The minimum Gasteiger partial charge on any atom is -0.461 e. The van der Waals surface area contributed by atoms with Gasteiger partial charge in [0.15, 0.2) is 0 Å². The summed E-state index contributed by atoms with van der Waals surface area (Å²) in [6.07, 6.45) is 2.52. The van der Waals surface area contributed by atoms with Gasteiger partial charge < -0.3 is 20.2 Å². The second-order valence-electron chi connectivity index (χ2n) is 3.67. The summed E-state index contributed by atoms with van der Waals surface area (Å²) in [4.78, 5) is 14.2. The highest BCUT2D eigenvalue weighted by atomic mass is 16.5. The van der Waals surface area contributed by atoms with Crippen molar-refractivity contribution in [3.63, 3.8) is 0 Å². The molecule has 0 saturated carbocycles. The lowest BCUT2D eigenvalue weighted by molar-refractivity contribution is 0.0422. The van der Waals surface area contributed by atoms with E-state index in [0.717, 1.165) is 13.0 Å². The van der Waals surface area contributed by atoms with Crippen LogP contribution in [0.3, 0.4) is 0 Å². The van der Waals surface area contributed by atoms with Crippen LogP contribution >= 0.6 is 0 Å². The van der Waals surface area contributed by atoms with Crippen molar-refractivity contribution in [2.45, 2.75) is 6.42 Å². The molecular formula is C10H14N2O3. The molecule has 0 amide bonds. The predicted molar refractivity (Wildman–Crippen MR) is 54.4 cm³/mol. The largest absolute Gasteiger partial charge is 0.461 e. The predicted octanol–water partition coefficient (Wildman–Crippen LogP) is 0.790. The first-order valence-electron chi connectivity index (χ1n) is 4.94. The van der Waals surface area contributed by atoms with E-state index < -0.39 is 0 Å². The first kappa shape index (κ1) is 10.0. The zero-order valence-corrected chi connectivity index (χ0v) is 8.36. The number of hydrogen-bond donors (Lipinski definition) is 2. The molecule has 0 aliphatic carbocycles. The van der Waals surface area contributed by atoms with Crippen LogP contribution < -0.4 is 5.73 Å². The normalized spacial score (nSPS) is 20.4. The van der Waals surface area contributed by atoms with Gasteiger partial charge in [-0.2, -0.15) is 0 Å². The summed E-state index contributed by atoms with van der Waals surface area (Å²) in [5, 5.41) is 0. The second-order valence-corrected chi connectivity index (χ2v) is 3.67. The molecule has 1 aromatic heterocycles. The molecule has 1 saturated heterocycles. The van der Waals surface area contributed by atoms with E-state index >= 15 is 0 Å². The first-order chi connectivity index (χ1) is 7.25. The van der Waals surface area contributed by atoms with Crippen molar-refractivity contribution < 1.29 is 14.3 Å². The van der Waals surface area contributed by atoms with E-state index in [2.05, 4.69) is 4.98 Å². The molecule has 5 nitrogen and oxygen atoms in total. The molecule has 2 rings (SSSR count). The summed E-state index contributed by atoms with van der Waals surface area (Å²) >= 11 is 0. The van der Waals surface area contributed by atoms with Gasteiger partial charge in [-0.25, -0.2) is 4.79 Å². The van der Waals surface area contributed by atoms with Gasteiger partial charge in [-0.1, -0.05) is 0 Å². The Morgan fingerprint density at radius 1 is 1.73 bits per heavy atom. The van der Waals surface area contributed by atoms with E-state index in [0.29, 0.717) is 30.5 Å². The average molecular weight is 210 g/mol. The molecule has 5 heteroatoms. The monoisotopic (exact) mass is 210 g/mol. The summed E-state index contributed by atoms with van der Waals surface area (Å²) in [7, 11) is 0. The molecule has 0 spiro atoms. The number of aromatic amines is 1. The topological polar surface area (TPSA) is 77.3 Å². The third kappa shape index (κ3) is 2.50. The lowest BCUT2D eigenvalue weighted by Gasteiger charge is -2.07. The SMILES string of the molecule is Nc1c[nH]c(C(=O)OCC2CCOC2)c1. The van der Waals surface area contributed by atoms with Crippen molar-refractivity contribution >= 4 is 11.7 Å². The molecule has 1 aliphatic heterocycles. The summed E-state index contributed by atoms with van der Waals surface area (Å²) in [5.41, 5.74) is 6.40. The lowest BCUT2D eigenvalue weighted by Crippen LogP contribution is -2.14. The summed E-state index contributed by atoms with van der Waals surface area (Å²) in [6, 6.07) is 1.56. The average Bonchev–Trinajstić information content (AvgIpc) is 2.84. The summed E-state index contributed by atoms with van der Waals surface area (Å²) in [5.74, 6) is -0.0279. The van der Waals surface area contributed by atoms with Crippen molar-refractivity contribution in [1.82, 2.24) is 4.98 Å². The highest BCUT2D eigenvalue weighted by Crippen LogP contribution is 2.13. The van der Waals surface area contributed by atoms with Crippen LogP contribution in [0.2, 0.25) is 0 Å². The number of nitrogen functional groups attached to an aromatic ring is 1. The fourth-order valence-electron chi connectivity index (χ4n) is 1.52. The van der Waals surface area contributed by atoms with Gasteiger partial charge in [-0.05, 0) is 12.5 Å². The van der Waals surface area contributed by atoms with Crippen molar-refractivity contribution in [3.8, 4) is 0 Å². The van der Waals surface area contributed by atoms with E-state index in [1.165, 1.54) is 0 Å². The van der Waals surface area contributed by atoms with Gasteiger partial charge in [0.25, 0.3) is 0 Å². The summed E-state index contributed by atoms with van der Waals surface area (Å²) < 4.78 is 10.3. The maximum absolute atomic E-state index is 11.5. The van der Waals surface area contributed by atoms with Crippen LogP contribution in [0.5, 0.6) is 0 Å². The zero-order chi connectivity index (χ0) is 10.7. The number of H-pyrrole nitrogens is 1. The Hall–Kier alpha value is -1.49. The van der Waals surface area contributed by atoms with E-state index in [4.69, 9.17) is 15.2 Å². The van der Waals surface area contributed by atoms with E-state index in [1.807, 2.05) is 0 Å². The van der Waals surface area contributed by atoms with E-state index in [-0.39, 0.29) is 5.97 Å². The van der Waals surface area contributed by atoms with Gasteiger partial charge in [0.1, 0.15) is 5.69 Å². The van der Waals surface area contributed by atoms with Crippen molar-refractivity contribution in [1.29, 1.82) is 0 Å². The Kier molecular flexibility index (Phi) is 2.91. The fourth-order valence-corrected chi connectivity index (χ4v) is 1.52. The maximum atomic E-state index is 11.5. The van der Waals surface area contributed by atoms with Crippen LogP contribution in [0.1, 0.15) is 16.9 Å². The van der Waals surface area contributed by atoms with Gasteiger partial charge in [0.05, 0.1) is 18.9 Å². The Bertz CT molecular complexity index is 342. The van der Waals surface area contributed by atoms with Gasteiger partial charge in [-0.3, -0.25) is 0 Å². The van der Waals surface area contributed by atoms with Crippen molar-refractivity contribution in [2.75, 3.05) is 25.6 Å². The minimum absolute atomic E-state index is 0.334. The summed E-state index contributed by atoms with van der Waals surface area (Å²) in [6.45, 7) is 1.86. The van der Waals surface area contributed by atoms with Crippen molar-refractivity contribution in [3.05, 3.63) is 18.0 Å². The highest BCUT2D eigenvalue weighted by molar-refractivity contribution is 5.88. The van der Waals surface area contributed by atoms with E-state index in [9.17, 15) is 4.79 Å². The van der Waals surface area contributed by atoms with E-state index in [1.54, 1.807) is 12.3 Å². The Balaban J connectivity index is 1.81. The molecule has 3 N–H and O–H groups in total. The molecule has 0 aromatic carbocycles. The van der Waals surface area contributed by atoms with Crippen LogP contribution in [0.15, 0.2) is 12.3 Å². The molecule has 1 unspecified atom stereocenters. The number of carbonyl (C=O) groups excluding carboxylic acids is 1. The maximum Gasteiger partial charge on any atom is 0.354 e. The van der Waals surface area contributed by atoms with Gasteiger partial charge in [-0.15, -0.1) is 0 Å². The third-order valence-electron chi connectivity index (χ3n) is 2.40. The Morgan fingerprint density at radius 3 is 3.20 bits per heavy atom. The minimum atomic E-state index is -0.362.